The predicted octanol–water partition coefficient (Wildman–Crippen LogP) is 11.3. The fraction of sp³-hybridized carbons (Fsp3) is 0. The van der Waals surface area contributed by atoms with Crippen LogP contribution in [-0.2, 0) is 0 Å². The molecule has 0 unspecified atom stereocenters. The van der Waals surface area contributed by atoms with Gasteiger partial charge in [0.15, 0.2) is 17.5 Å². The highest BCUT2D eigenvalue weighted by atomic mass is 16.3. The van der Waals surface area contributed by atoms with E-state index in [9.17, 15) is 0 Å². The van der Waals surface area contributed by atoms with Crippen molar-refractivity contribution in [3.05, 3.63) is 158 Å². The number of rotatable bonds is 4. The Bertz CT molecular complexity index is 2880. The van der Waals surface area contributed by atoms with Crippen LogP contribution in [0.4, 0.5) is 0 Å². The fourth-order valence-corrected chi connectivity index (χ4v) is 7.12. The zero-order chi connectivity index (χ0) is 32.3. The summed E-state index contributed by atoms with van der Waals surface area (Å²) in [7, 11) is 0. The number of nitrogens with zero attached hydrogens (tertiary/aromatic N) is 4. The molecule has 5 nitrogen and oxygen atoms in total. The summed E-state index contributed by atoms with van der Waals surface area (Å²) in [4.78, 5) is 20.2. The van der Waals surface area contributed by atoms with Gasteiger partial charge in [-0.1, -0.05) is 127 Å². The molecule has 5 heteroatoms. The van der Waals surface area contributed by atoms with Gasteiger partial charge in [0.05, 0.1) is 0 Å². The molecule has 0 saturated heterocycles. The highest BCUT2D eigenvalue weighted by molar-refractivity contribution is 6.22. The van der Waals surface area contributed by atoms with E-state index in [4.69, 9.17) is 24.4 Å². The first-order valence-corrected chi connectivity index (χ1v) is 16.3. The summed E-state index contributed by atoms with van der Waals surface area (Å²) in [6.07, 6.45) is 3.83. The molecule has 10 rings (SSSR count). The van der Waals surface area contributed by atoms with Crippen molar-refractivity contribution in [3.63, 3.8) is 0 Å². The third-order valence-corrected chi connectivity index (χ3v) is 9.41. The molecule has 7 aromatic carbocycles. The largest absolute Gasteiger partial charge is 0.455 e. The van der Waals surface area contributed by atoms with Gasteiger partial charge in [0.2, 0.25) is 0 Å². The highest BCUT2D eigenvalue weighted by Gasteiger charge is 2.21. The Morgan fingerprint density at radius 1 is 0.367 bits per heavy atom. The summed E-state index contributed by atoms with van der Waals surface area (Å²) < 4.78 is 6.58. The van der Waals surface area contributed by atoms with Crippen molar-refractivity contribution in [2.45, 2.75) is 0 Å². The Labute approximate surface area is 281 Å². The summed E-state index contributed by atoms with van der Waals surface area (Å²) in [6.45, 7) is 0. The molecule has 228 valence electrons. The molecule has 0 radical (unpaired) electrons. The molecule has 0 amide bonds. The topological polar surface area (TPSA) is 64.7 Å². The average molecular weight is 627 g/mol. The molecular formula is C44H26N4O. The molecule has 0 aliphatic heterocycles. The van der Waals surface area contributed by atoms with Gasteiger partial charge in [-0.3, -0.25) is 4.98 Å². The summed E-state index contributed by atoms with van der Waals surface area (Å²) in [5, 5.41) is 8.81. The van der Waals surface area contributed by atoms with Crippen molar-refractivity contribution < 1.29 is 4.42 Å². The van der Waals surface area contributed by atoms with Crippen LogP contribution >= 0.6 is 0 Å². The molecule has 0 spiro atoms. The van der Waals surface area contributed by atoms with Crippen LogP contribution in [0.15, 0.2) is 162 Å². The van der Waals surface area contributed by atoms with Gasteiger partial charge in [-0.25, -0.2) is 15.0 Å². The molecule has 0 aliphatic rings. The minimum absolute atomic E-state index is 0.564. The summed E-state index contributed by atoms with van der Waals surface area (Å²) in [6, 6.07) is 50.0. The monoisotopic (exact) mass is 626 g/mol. The second kappa shape index (κ2) is 10.9. The van der Waals surface area contributed by atoms with E-state index >= 15 is 0 Å². The van der Waals surface area contributed by atoms with Gasteiger partial charge in [0.1, 0.15) is 11.2 Å². The maximum atomic E-state index is 6.58. The highest BCUT2D eigenvalue weighted by Crippen LogP contribution is 2.42. The lowest BCUT2D eigenvalue weighted by Gasteiger charge is -2.13. The van der Waals surface area contributed by atoms with Crippen molar-refractivity contribution in [3.8, 4) is 45.3 Å². The quantitative estimate of drug-likeness (QED) is 0.182. The summed E-state index contributed by atoms with van der Waals surface area (Å²) in [5.74, 6) is 1.73. The van der Waals surface area contributed by atoms with Gasteiger partial charge >= 0.3 is 0 Å². The van der Waals surface area contributed by atoms with Crippen LogP contribution in [0.1, 0.15) is 0 Å². The molecule has 0 atom stereocenters. The molecule has 49 heavy (non-hydrogen) atoms. The lowest BCUT2D eigenvalue weighted by Crippen LogP contribution is -2.01. The van der Waals surface area contributed by atoms with Crippen LogP contribution in [-0.4, -0.2) is 19.9 Å². The number of benzene rings is 7. The zero-order valence-corrected chi connectivity index (χ0v) is 26.2. The fourth-order valence-electron chi connectivity index (χ4n) is 7.12. The summed E-state index contributed by atoms with van der Waals surface area (Å²) in [5.41, 5.74) is 6.36. The lowest BCUT2D eigenvalue weighted by atomic mass is 9.95. The van der Waals surface area contributed by atoms with E-state index in [1.807, 2.05) is 79.1 Å². The molecule has 3 heterocycles. The number of aromatic nitrogens is 4. The van der Waals surface area contributed by atoms with Gasteiger partial charge < -0.3 is 4.42 Å². The molecule has 10 aromatic rings. The average Bonchev–Trinajstić information content (AvgIpc) is 3.57. The van der Waals surface area contributed by atoms with Gasteiger partial charge in [0.25, 0.3) is 0 Å². The van der Waals surface area contributed by atoms with Crippen LogP contribution in [0.2, 0.25) is 0 Å². The SMILES string of the molecule is c1ccc(-c2nc(-c3cncc4c3ccc3ccc5ccccc5c34)nc(-c3ccc(-c4ccccc4)c4oc5ccccc5c34)n2)cc1. The van der Waals surface area contributed by atoms with Crippen molar-refractivity contribution in [2.75, 3.05) is 0 Å². The third kappa shape index (κ3) is 4.40. The summed E-state index contributed by atoms with van der Waals surface area (Å²) >= 11 is 0. The van der Waals surface area contributed by atoms with Crippen molar-refractivity contribution in [1.82, 2.24) is 19.9 Å². The minimum atomic E-state index is 0.564. The molecule has 3 aromatic heterocycles. The molecule has 0 aliphatic carbocycles. The number of furan rings is 1. The van der Waals surface area contributed by atoms with Crippen molar-refractivity contribution in [1.29, 1.82) is 0 Å². The Morgan fingerprint density at radius 3 is 1.84 bits per heavy atom. The molecule has 0 bridgehead atoms. The maximum absolute atomic E-state index is 6.58. The van der Waals surface area contributed by atoms with Crippen LogP contribution in [0.5, 0.6) is 0 Å². The number of fused-ring (bicyclic) bond motifs is 8. The van der Waals surface area contributed by atoms with Gasteiger partial charge in [-0.05, 0) is 50.7 Å². The van der Waals surface area contributed by atoms with E-state index < -0.39 is 0 Å². The maximum Gasteiger partial charge on any atom is 0.166 e. The van der Waals surface area contributed by atoms with E-state index in [1.165, 1.54) is 21.5 Å². The van der Waals surface area contributed by atoms with Gasteiger partial charge in [-0.15, -0.1) is 0 Å². The van der Waals surface area contributed by atoms with Gasteiger partial charge in [-0.2, -0.15) is 0 Å². The number of para-hydroxylation sites is 1. The standard InChI is InChI=1S/C44H26N4O/c1-3-11-27(12-4-1)32-23-24-35(40-34-17-9-10-18-38(34)49-41(32)40)43-46-42(30-14-5-2-6-15-30)47-44(48-43)37-26-45-25-36-33(37)22-21-29-20-19-28-13-7-8-16-31(28)39(29)36/h1-26H. The van der Waals surface area contributed by atoms with Crippen molar-refractivity contribution >= 4 is 54.3 Å². The van der Waals surface area contributed by atoms with Crippen molar-refractivity contribution in [2.24, 2.45) is 0 Å². The molecular weight excluding hydrogens is 601 g/mol. The van der Waals surface area contributed by atoms with E-state index in [0.717, 1.165) is 60.5 Å². The third-order valence-electron chi connectivity index (χ3n) is 9.41. The Balaban J connectivity index is 1.27. The smallest absolute Gasteiger partial charge is 0.166 e. The van der Waals surface area contributed by atoms with E-state index in [-0.39, 0.29) is 0 Å². The number of hydrogen-bond donors (Lipinski definition) is 0. The van der Waals surface area contributed by atoms with Crippen LogP contribution < -0.4 is 0 Å². The first-order valence-electron chi connectivity index (χ1n) is 16.3. The number of hydrogen-bond acceptors (Lipinski definition) is 5. The molecule has 0 fully saturated rings. The Hall–Kier alpha value is -6.72. The van der Waals surface area contributed by atoms with Crippen LogP contribution in [0.25, 0.3) is 99.5 Å². The molecule has 0 N–H and O–H groups in total. The van der Waals surface area contributed by atoms with Gasteiger partial charge in [0, 0.05) is 50.8 Å². The normalized spacial score (nSPS) is 11.7. The lowest BCUT2D eigenvalue weighted by molar-refractivity contribution is 0.670. The number of pyridine rings is 1. The predicted molar refractivity (Wildman–Crippen MR) is 199 cm³/mol. The van der Waals surface area contributed by atoms with Crippen LogP contribution in [0.3, 0.4) is 0 Å². The second-order valence-electron chi connectivity index (χ2n) is 12.2. The van der Waals surface area contributed by atoms with E-state index in [2.05, 4.69) is 78.9 Å². The second-order valence-corrected chi connectivity index (χ2v) is 12.2. The minimum Gasteiger partial charge on any atom is -0.455 e. The molecule has 0 saturated carbocycles. The van der Waals surface area contributed by atoms with E-state index in [0.29, 0.717) is 17.5 Å². The first kappa shape index (κ1) is 27.4. The Kier molecular flexibility index (Phi) is 6.11. The zero-order valence-electron chi connectivity index (χ0n) is 26.2. The van der Waals surface area contributed by atoms with Crippen LogP contribution in [0, 0.1) is 0 Å². The Morgan fingerprint density at radius 2 is 1.00 bits per heavy atom. The first-order chi connectivity index (χ1) is 24.3. The van der Waals surface area contributed by atoms with E-state index in [1.54, 1.807) is 0 Å².